The van der Waals surface area contributed by atoms with Crippen molar-refractivity contribution in [2.24, 2.45) is 0 Å². The van der Waals surface area contributed by atoms with E-state index in [1.54, 1.807) is 41.1 Å². The Balaban J connectivity index is 1.80. The third kappa shape index (κ3) is 3.55. The predicted molar refractivity (Wildman–Crippen MR) is 112 cm³/mol. The Morgan fingerprint density at radius 2 is 1.90 bits per heavy atom. The molecule has 4 rings (SSSR count). The van der Waals surface area contributed by atoms with Gasteiger partial charge in [-0.25, -0.2) is 14.3 Å². The van der Waals surface area contributed by atoms with E-state index in [9.17, 15) is 19.7 Å². The zero-order valence-corrected chi connectivity index (χ0v) is 16.0. The predicted octanol–water partition coefficient (Wildman–Crippen LogP) is 3.10. The van der Waals surface area contributed by atoms with Gasteiger partial charge in [-0.05, 0) is 35.9 Å². The van der Waals surface area contributed by atoms with Crippen molar-refractivity contribution in [1.29, 1.82) is 0 Å². The van der Waals surface area contributed by atoms with Gasteiger partial charge < -0.3 is 5.32 Å². The summed E-state index contributed by atoms with van der Waals surface area (Å²) in [7, 11) is 0. The number of amides is 1. The summed E-state index contributed by atoms with van der Waals surface area (Å²) in [6, 6.07) is 16.6. The van der Waals surface area contributed by atoms with Gasteiger partial charge in [0.25, 0.3) is 5.69 Å². The van der Waals surface area contributed by atoms with Gasteiger partial charge in [-0.1, -0.05) is 18.2 Å². The minimum atomic E-state index is -0.502. The molecule has 0 fully saturated rings. The number of nitrogens with one attached hydrogen (secondary N) is 1. The molecule has 0 saturated heterocycles. The molecule has 4 aromatic rings. The van der Waals surface area contributed by atoms with Crippen LogP contribution in [0.3, 0.4) is 0 Å². The lowest BCUT2D eigenvalue weighted by Crippen LogP contribution is -2.23. The average Bonchev–Trinajstić information content (AvgIpc) is 3.01. The van der Waals surface area contributed by atoms with E-state index >= 15 is 0 Å². The maximum atomic E-state index is 13.2. The number of aromatic nitrogens is 3. The van der Waals surface area contributed by atoms with Gasteiger partial charge >= 0.3 is 5.69 Å². The molecular weight excluding hydrogens is 386 g/mol. The summed E-state index contributed by atoms with van der Waals surface area (Å²) < 4.78 is 2.93. The Bertz CT molecular complexity index is 1320. The van der Waals surface area contributed by atoms with Gasteiger partial charge in [0.2, 0.25) is 5.91 Å². The summed E-state index contributed by atoms with van der Waals surface area (Å²) in [5.74, 6) is -0.162. The highest BCUT2D eigenvalue weighted by Gasteiger charge is 2.17. The minimum Gasteiger partial charge on any atom is -0.326 e. The van der Waals surface area contributed by atoms with Gasteiger partial charge in [-0.3, -0.25) is 19.5 Å². The number of non-ortho nitro benzene ring substituents is 1. The molecule has 1 amide bonds. The second kappa shape index (κ2) is 7.63. The maximum absolute atomic E-state index is 13.2. The van der Waals surface area contributed by atoms with Gasteiger partial charge in [0.1, 0.15) is 0 Å². The monoisotopic (exact) mass is 403 g/mol. The van der Waals surface area contributed by atoms with Crippen LogP contribution in [0, 0.1) is 10.1 Å². The number of benzene rings is 2. The van der Waals surface area contributed by atoms with Crippen LogP contribution in [0.25, 0.3) is 16.9 Å². The van der Waals surface area contributed by atoms with Crippen LogP contribution in [-0.2, 0) is 11.3 Å². The van der Waals surface area contributed by atoms with Gasteiger partial charge in [0, 0.05) is 30.9 Å². The summed E-state index contributed by atoms with van der Waals surface area (Å²) in [5.41, 5.74) is 2.46. The Morgan fingerprint density at radius 3 is 2.60 bits per heavy atom. The molecule has 0 bridgehead atoms. The molecule has 2 heterocycles. The van der Waals surface area contributed by atoms with Gasteiger partial charge in [-0.15, -0.1) is 0 Å². The first-order chi connectivity index (χ1) is 14.4. The fraction of sp³-hybridized carbons (Fsp3) is 0.0952. The number of anilines is 1. The van der Waals surface area contributed by atoms with Crippen LogP contribution in [0.5, 0.6) is 0 Å². The lowest BCUT2D eigenvalue weighted by Gasteiger charge is -2.06. The topological polar surface area (TPSA) is 112 Å². The minimum absolute atomic E-state index is 0.107. The fourth-order valence-electron chi connectivity index (χ4n) is 3.30. The van der Waals surface area contributed by atoms with Crippen molar-refractivity contribution in [3.63, 3.8) is 0 Å². The second-order valence-electron chi connectivity index (χ2n) is 6.71. The number of carbonyl (C=O) groups is 1. The van der Waals surface area contributed by atoms with Crippen molar-refractivity contribution in [2.45, 2.75) is 13.5 Å². The first kappa shape index (κ1) is 19.1. The number of nitrogens with zero attached hydrogens (tertiary/aromatic N) is 4. The molecule has 30 heavy (non-hydrogen) atoms. The van der Waals surface area contributed by atoms with E-state index in [0.29, 0.717) is 22.5 Å². The van der Waals surface area contributed by atoms with Crippen LogP contribution in [0.1, 0.15) is 12.5 Å². The lowest BCUT2D eigenvalue weighted by atomic mass is 10.2. The molecule has 2 aromatic heterocycles. The van der Waals surface area contributed by atoms with Crippen LogP contribution in [0.2, 0.25) is 0 Å². The molecule has 9 nitrogen and oxygen atoms in total. The molecule has 0 saturated carbocycles. The molecule has 9 heteroatoms. The molecular formula is C21H17N5O4. The van der Waals surface area contributed by atoms with Crippen molar-refractivity contribution >= 4 is 28.4 Å². The summed E-state index contributed by atoms with van der Waals surface area (Å²) >= 11 is 0. The largest absolute Gasteiger partial charge is 0.335 e. The van der Waals surface area contributed by atoms with Crippen molar-refractivity contribution in [3.05, 3.63) is 93.0 Å². The molecule has 0 atom stereocenters. The smallest absolute Gasteiger partial charge is 0.326 e. The van der Waals surface area contributed by atoms with Crippen molar-refractivity contribution < 1.29 is 9.72 Å². The molecule has 0 aliphatic heterocycles. The Kier molecular flexibility index (Phi) is 4.85. The zero-order chi connectivity index (χ0) is 21.3. The Morgan fingerprint density at radius 1 is 1.13 bits per heavy atom. The average molecular weight is 403 g/mol. The molecule has 150 valence electrons. The quantitative estimate of drug-likeness (QED) is 0.406. The molecule has 2 aromatic carbocycles. The number of carbonyl (C=O) groups excluding carboxylic acids is 1. The first-order valence-corrected chi connectivity index (χ1v) is 9.11. The van der Waals surface area contributed by atoms with E-state index in [1.807, 2.05) is 12.1 Å². The number of hydrogen-bond acceptors (Lipinski definition) is 5. The van der Waals surface area contributed by atoms with Gasteiger partial charge in [0.15, 0.2) is 5.65 Å². The summed E-state index contributed by atoms with van der Waals surface area (Å²) in [6.07, 6.45) is 1.57. The van der Waals surface area contributed by atoms with Gasteiger partial charge in [0.05, 0.1) is 22.7 Å². The van der Waals surface area contributed by atoms with E-state index in [4.69, 9.17) is 0 Å². The molecule has 1 N–H and O–H groups in total. The van der Waals surface area contributed by atoms with Crippen molar-refractivity contribution in [2.75, 3.05) is 5.32 Å². The maximum Gasteiger partial charge on any atom is 0.335 e. The van der Waals surface area contributed by atoms with E-state index in [0.717, 1.165) is 5.56 Å². The number of imidazole rings is 1. The third-order valence-corrected chi connectivity index (χ3v) is 4.60. The van der Waals surface area contributed by atoms with Crippen LogP contribution in [0.4, 0.5) is 11.4 Å². The van der Waals surface area contributed by atoms with Crippen LogP contribution in [0.15, 0.2) is 71.7 Å². The molecule has 0 aliphatic rings. The SMILES string of the molecule is CC(=O)Nc1ccc(Cn2c(=O)n(-c3cccc([N+](=O)[O-])c3)c3ncccc32)cc1. The molecule has 0 aliphatic carbocycles. The first-order valence-electron chi connectivity index (χ1n) is 9.11. The molecule has 0 radical (unpaired) electrons. The highest BCUT2D eigenvalue weighted by Crippen LogP contribution is 2.21. The number of nitro benzene ring substituents is 1. The summed E-state index contributed by atoms with van der Waals surface area (Å²) in [4.78, 5) is 39.4. The molecule has 0 unspecified atom stereocenters. The van der Waals surface area contributed by atoms with Gasteiger partial charge in [-0.2, -0.15) is 0 Å². The Hall–Kier alpha value is -4.27. The number of pyridine rings is 1. The number of hydrogen-bond donors (Lipinski definition) is 1. The van der Waals surface area contributed by atoms with Crippen molar-refractivity contribution in [3.8, 4) is 5.69 Å². The third-order valence-electron chi connectivity index (χ3n) is 4.60. The fourth-order valence-corrected chi connectivity index (χ4v) is 3.30. The zero-order valence-electron chi connectivity index (χ0n) is 16.0. The molecule has 0 spiro atoms. The van der Waals surface area contributed by atoms with E-state index < -0.39 is 4.92 Å². The lowest BCUT2D eigenvalue weighted by molar-refractivity contribution is -0.384. The van der Waals surface area contributed by atoms with Crippen LogP contribution in [-0.4, -0.2) is 24.9 Å². The second-order valence-corrected chi connectivity index (χ2v) is 6.71. The van der Waals surface area contributed by atoms with E-state index in [1.165, 1.54) is 29.7 Å². The summed E-state index contributed by atoms with van der Waals surface area (Å²) in [6.45, 7) is 1.71. The number of nitro groups is 1. The highest BCUT2D eigenvalue weighted by atomic mass is 16.6. The number of fused-ring (bicyclic) bond motifs is 1. The normalized spacial score (nSPS) is 10.8. The van der Waals surface area contributed by atoms with Crippen LogP contribution >= 0.6 is 0 Å². The van der Waals surface area contributed by atoms with E-state index in [2.05, 4.69) is 10.3 Å². The summed E-state index contributed by atoms with van der Waals surface area (Å²) in [5, 5.41) is 13.8. The number of rotatable bonds is 5. The van der Waals surface area contributed by atoms with E-state index in [-0.39, 0.29) is 23.8 Å². The Labute approximate surface area is 170 Å². The van der Waals surface area contributed by atoms with Crippen molar-refractivity contribution in [1.82, 2.24) is 14.1 Å². The highest BCUT2D eigenvalue weighted by molar-refractivity contribution is 5.88. The standard InChI is InChI=1S/C21H17N5O4/c1-14(27)23-16-9-7-15(8-10-16)13-24-19-6-3-11-22-20(19)25(21(24)28)17-4-2-5-18(12-17)26(29)30/h2-12H,13H2,1H3,(H,23,27). The van der Waals surface area contributed by atoms with Crippen LogP contribution < -0.4 is 11.0 Å².